The highest BCUT2D eigenvalue weighted by Crippen LogP contribution is 2.21. The molecule has 0 aliphatic carbocycles. The lowest BCUT2D eigenvalue weighted by Gasteiger charge is -2.34. The lowest BCUT2D eigenvalue weighted by molar-refractivity contribution is 0.0655. The summed E-state index contributed by atoms with van der Waals surface area (Å²) in [6, 6.07) is 12.6. The van der Waals surface area contributed by atoms with Crippen LogP contribution in [0.5, 0.6) is 0 Å². The van der Waals surface area contributed by atoms with Gasteiger partial charge in [-0.25, -0.2) is 8.42 Å². The smallest absolute Gasteiger partial charge is 0.261 e. The third-order valence-electron chi connectivity index (χ3n) is 4.23. The molecule has 146 valence electrons. The van der Waals surface area contributed by atoms with Gasteiger partial charge in [-0.05, 0) is 43.3 Å². The summed E-state index contributed by atoms with van der Waals surface area (Å²) in [4.78, 5) is 14.5. The van der Waals surface area contributed by atoms with Crippen molar-refractivity contribution in [2.75, 3.05) is 24.4 Å². The first-order valence-corrected chi connectivity index (χ1v) is 10.1. The fourth-order valence-electron chi connectivity index (χ4n) is 2.87. The fraction of sp³-hybridized carbons (Fsp3) is 0.278. The second-order valence-corrected chi connectivity index (χ2v) is 8.31. The van der Waals surface area contributed by atoms with E-state index in [9.17, 15) is 13.2 Å². The molecule has 2 aromatic carbocycles. The van der Waals surface area contributed by atoms with E-state index in [0.717, 1.165) is 13.1 Å². The summed E-state index contributed by atoms with van der Waals surface area (Å²) in [6.07, 6.45) is 0. The topological polar surface area (TPSA) is 78.5 Å². The van der Waals surface area contributed by atoms with Crippen molar-refractivity contribution in [2.24, 2.45) is 0 Å². The number of nitrogens with one attached hydrogen (secondary N) is 2. The van der Waals surface area contributed by atoms with Crippen LogP contribution in [-0.4, -0.2) is 44.9 Å². The lowest BCUT2D eigenvalue weighted by Crippen LogP contribution is -2.52. The van der Waals surface area contributed by atoms with Crippen LogP contribution in [0.15, 0.2) is 53.4 Å². The molecule has 1 aliphatic rings. The van der Waals surface area contributed by atoms with Crippen LogP contribution >= 0.6 is 24.0 Å². The summed E-state index contributed by atoms with van der Waals surface area (Å²) in [5.74, 6) is -0.168. The predicted octanol–water partition coefficient (Wildman–Crippen LogP) is 3.00. The van der Waals surface area contributed by atoms with Crippen LogP contribution < -0.4 is 10.0 Å². The van der Waals surface area contributed by atoms with Crippen molar-refractivity contribution in [3.8, 4) is 0 Å². The second kappa shape index (κ2) is 8.93. The quantitative estimate of drug-likeness (QED) is 0.782. The number of anilines is 1. The van der Waals surface area contributed by atoms with E-state index in [4.69, 9.17) is 11.6 Å². The Morgan fingerprint density at radius 2 is 1.96 bits per heavy atom. The van der Waals surface area contributed by atoms with E-state index < -0.39 is 10.0 Å². The van der Waals surface area contributed by atoms with Crippen molar-refractivity contribution in [2.45, 2.75) is 17.9 Å². The normalized spacial score (nSPS) is 17.1. The van der Waals surface area contributed by atoms with Gasteiger partial charge in [-0.2, -0.15) is 0 Å². The third-order valence-corrected chi connectivity index (χ3v) is 5.84. The second-order valence-electron chi connectivity index (χ2n) is 6.20. The van der Waals surface area contributed by atoms with Gasteiger partial charge in [0.15, 0.2) is 0 Å². The van der Waals surface area contributed by atoms with Crippen molar-refractivity contribution in [1.82, 2.24) is 10.2 Å². The molecule has 1 atom stereocenters. The number of nitrogens with zero attached hydrogens (tertiary/aromatic N) is 1. The molecule has 9 heteroatoms. The van der Waals surface area contributed by atoms with Gasteiger partial charge in [0.05, 0.1) is 10.6 Å². The molecule has 0 saturated carbocycles. The predicted molar refractivity (Wildman–Crippen MR) is 109 cm³/mol. The van der Waals surface area contributed by atoms with Crippen LogP contribution in [0.4, 0.5) is 5.69 Å². The molecule has 3 rings (SSSR count). The minimum atomic E-state index is -3.82. The Balaban J connectivity index is 0.00000261. The zero-order chi connectivity index (χ0) is 18.7. The standard InChI is InChI=1S/C18H20ClN3O3S.ClH/c1-13-12-20-8-9-22(13)18(23)14-4-2-7-17(10-14)26(24,25)21-16-6-3-5-15(19)11-16;/h2-7,10-11,13,20-21H,8-9,12H2,1H3;1H/t13-;/m1./s1. The van der Waals surface area contributed by atoms with Crippen LogP contribution in [-0.2, 0) is 10.0 Å². The molecule has 2 N–H and O–H groups in total. The van der Waals surface area contributed by atoms with E-state index in [1.54, 1.807) is 35.2 Å². The van der Waals surface area contributed by atoms with Gasteiger partial charge in [0.1, 0.15) is 0 Å². The number of rotatable bonds is 4. The molecule has 0 radical (unpaired) electrons. The van der Waals surface area contributed by atoms with Gasteiger partial charge >= 0.3 is 0 Å². The van der Waals surface area contributed by atoms with Crippen LogP contribution in [0.1, 0.15) is 17.3 Å². The van der Waals surface area contributed by atoms with Gasteiger partial charge in [0.2, 0.25) is 0 Å². The molecule has 1 amide bonds. The van der Waals surface area contributed by atoms with E-state index >= 15 is 0 Å². The number of benzene rings is 2. The molecule has 0 bridgehead atoms. The van der Waals surface area contributed by atoms with E-state index in [1.165, 1.54) is 18.2 Å². The number of amides is 1. The van der Waals surface area contributed by atoms with Gasteiger partial charge in [0, 0.05) is 36.3 Å². The first-order valence-electron chi connectivity index (χ1n) is 8.27. The molecular weight excluding hydrogens is 409 g/mol. The molecule has 6 nitrogen and oxygen atoms in total. The Bertz CT molecular complexity index is 922. The summed E-state index contributed by atoms with van der Waals surface area (Å²) < 4.78 is 27.8. The SMILES string of the molecule is C[C@@H]1CNCCN1C(=O)c1cccc(S(=O)(=O)Nc2cccc(Cl)c2)c1.Cl. The van der Waals surface area contributed by atoms with Crippen LogP contribution in [0.3, 0.4) is 0 Å². The van der Waals surface area contributed by atoms with Gasteiger partial charge < -0.3 is 10.2 Å². The van der Waals surface area contributed by atoms with E-state index in [-0.39, 0.29) is 29.3 Å². The number of carbonyl (C=O) groups is 1. The Labute approximate surface area is 170 Å². The zero-order valence-corrected chi connectivity index (χ0v) is 17.1. The van der Waals surface area contributed by atoms with Crippen molar-refractivity contribution < 1.29 is 13.2 Å². The maximum atomic E-state index is 12.8. The van der Waals surface area contributed by atoms with E-state index in [1.807, 2.05) is 6.92 Å². The lowest BCUT2D eigenvalue weighted by atomic mass is 10.1. The van der Waals surface area contributed by atoms with Crippen LogP contribution in [0, 0.1) is 0 Å². The number of sulfonamides is 1. The largest absolute Gasteiger partial charge is 0.333 e. The molecule has 1 aliphatic heterocycles. The summed E-state index contributed by atoms with van der Waals surface area (Å²) >= 11 is 5.90. The van der Waals surface area contributed by atoms with E-state index in [2.05, 4.69) is 10.0 Å². The molecule has 0 aromatic heterocycles. The highest BCUT2D eigenvalue weighted by atomic mass is 35.5. The molecular formula is C18H21Cl2N3O3S. The average Bonchev–Trinajstić information content (AvgIpc) is 2.61. The van der Waals surface area contributed by atoms with Crippen LogP contribution in [0.2, 0.25) is 5.02 Å². The minimum Gasteiger partial charge on any atom is -0.333 e. The number of piperazine rings is 1. The summed E-state index contributed by atoms with van der Waals surface area (Å²) in [6.45, 7) is 4.01. The molecule has 1 fully saturated rings. The first-order chi connectivity index (χ1) is 12.4. The Hall–Kier alpha value is -1.80. The molecule has 1 heterocycles. The van der Waals surface area contributed by atoms with Gasteiger partial charge in [-0.15, -0.1) is 12.4 Å². The van der Waals surface area contributed by atoms with Gasteiger partial charge in [-0.3, -0.25) is 9.52 Å². The summed E-state index contributed by atoms with van der Waals surface area (Å²) in [7, 11) is -3.82. The highest BCUT2D eigenvalue weighted by molar-refractivity contribution is 7.92. The van der Waals surface area contributed by atoms with Gasteiger partial charge in [-0.1, -0.05) is 23.7 Å². The Morgan fingerprint density at radius 1 is 1.22 bits per heavy atom. The van der Waals surface area contributed by atoms with E-state index in [0.29, 0.717) is 22.8 Å². The number of hydrogen-bond donors (Lipinski definition) is 2. The third kappa shape index (κ3) is 5.13. The van der Waals surface area contributed by atoms with Gasteiger partial charge in [0.25, 0.3) is 15.9 Å². The van der Waals surface area contributed by atoms with Crippen molar-refractivity contribution in [1.29, 1.82) is 0 Å². The Morgan fingerprint density at radius 3 is 2.67 bits per heavy atom. The van der Waals surface area contributed by atoms with Crippen molar-refractivity contribution >= 4 is 45.6 Å². The highest BCUT2D eigenvalue weighted by Gasteiger charge is 2.25. The molecule has 0 spiro atoms. The zero-order valence-electron chi connectivity index (χ0n) is 14.7. The monoisotopic (exact) mass is 429 g/mol. The minimum absolute atomic E-state index is 0. The fourth-order valence-corrected chi connectivity index (χ4v) is 4.16. The number of carbonyl (C=O) groups excluding carboxylic acids is 1. The average molecular weight is 430 g/mol. The van der Waals surface area contributed by atoms with Crippen molar-refractivity contribution in [3.05, 3.63) is 59.1 Å². The summed E-state index contributed by atoms with van der Waals surface area (Å²) in [5.41, 5.74) is 0.720. The molecule has 2 aromatic rings. The first kappa shape index (κ1) is 21.5. The number of halogens is 2. The van der Waals surface area contributed by atoms with Crippen molar-refractivity contribution in [3.63, 3.8) is 0 Å². The summed E-state index contributed by atoms with van der Waals surface area (Å²) in [5, 5.41) is 3.66. The molecule has 27 heavy (non-hydrogen) atoms. The Kier molecular flexibility index (Phi) is 7.11. The van der Waals surface area contributed by atoms with Crippen LogP contribution in [0.25, 0.3) is 0 Å². The maximum Gasteiger partial charge on any atom is 0.261 e. The number of hydrogen-bond acceptors (Lipinski definition) is 4. The molecule has 1 saturated heterocycles. The molecule has 0 unspecified atom stereocenters. The maximum absolute atomic E-state index is 12.8.